The molecule has 1 aromatic carbocycles. The van der Waals surface area contributed by atoms with E-state index in [2.05, 4.69) is 0 Å². The molecule has 0 spiro atoms. The van der Waals surface area contributed by atoms with Gasteiger partial charge in [-0.1, -0.05) is 25.1 Å². The number of carboxylic acids is 1. The van der Waals surface area contributed by atoms with Crippen molar-refractivity contribution < 1.29 is 24.6 Å². The Bertz CT molecular complexity index is 724. The smallest absolute Gasteiger partial charge is 0.335 e. The molecule has 0 aliphatic carbocycles. The van der Waals surface area contributed by atoms with E-state index in [1.165, 1.54) is 0 Å². The number of carbonyl (C=O) groups is 3. The maximum Gasteiger partial charge on any atom is 0.335 e. The molecule has 2 amide bonds. The van der Waals surface area contributed by atoms with Crippen LogP contribution in [0.5, 0.6) is 0 Å². The lowest BCUT2D eigenvalue weighted by Crippen LogP contribution is -2.52. The van der Waals surface area contributed by atoms with Crippen LogP contribution in [-0.2, 0) is 20.8 Å². The standard InChI is InChI=1S/C19H24N2O5/c1-2-13-5-3-4-6-15(13)21-12-14(11-16(21)22)17(23)20-9-7-19(26,8-10-20)18(24)25/h3-6,14,26H,2,7-12H2,1H3,(H,24,25). The highest BCUT2D eigenvalue weighted by atomic mass is 16.4. The normalized spacial score (nSPS) is 22.5. The van der Waals surface area contributed by atoms with Gasteiger partial charge in [-0.3, -0.25) is 9.59 Å². The maximum atomic E-state index is 12.8. The molecule has 2 saturated heterocycles. The number of anilines is 1. The molecule has 140 valence electrons. The lowest BCUT2D eigenvalue weighted by Gasteiger charge is -2.36. The molecule has 2 fully saturated rings. The van der Waals surface area contributed by atoms with Crippen LogP contribution in [0.3, 0.4) is 0 Å². The first kappa shape index (κ1) is 18.4. The molecule has 0 aromatic heterocycles. The summed E-state index contributed by atoms with van der Waals surface area (Å²) >= 11 is 0. The molecule has 0 radical (unpaired) electrons. The number of para-hydroxylation sites is 1. The number of benzene rings is 1. The van der Waals surface area contributed by atoms with E-state index < -0.39 is 17.5 Å². The maximum absolute atomic E-state index is 12.8. The van der Waals surface area contributed by atoms with E-state index in [0.717, 1.165) is 17.7 Å². The molecule has 0 saturated carbocycles. The molecule has 7 heteroatoms. The fourth-order valence-electron chi connectivity index (χ4n) is 3.75. The number of rotatable bonds is 4. The molecular formula is C19H24N2O5. The first-order valence-corrected chi connectivity index (χ1v) is 8.98. The summed E-state index contributed by atoms with van der Waals surface area (Å²) < 4.78 is 0. The van der Waals surface area contributed by atoms with Crippen LogP contribution in [0.1, 0.15) is 31.7 Å². The first-order chi connectivity index (χ1) is 12.4. The van der Waals surface area contributed by atoms with E-state index in [-0.39, 0.29) is 44.2 Å². The van der Waals surface area contributed by atoms with Crippen molar-refractivity contribution in [2.45, 2.75) is 38.2 Å². The number of carbonyl (C=O) groups excluding carboxylic acids is 2. The SMILES string of the molecule is CCc1ccccc1N1CC(C(=O)N2CCC(O)(C(=O)O)CC2)CC1=O. The van der Waals surface area contributed by atoms with Gasteiger partial charge in [0.2, 0.25) is 11.8 Å². The molecule has 0 bridgehead atoms. The average molecular weight is 360 g/mol. The lowest BCUT2D eigenvalue weighted by molar-refractivity contribution is -0.165. The predicted molar refractivity (Wildman–Crippen MR) is 94.7 cm³/mol. The Kier molecular flexibility index (Phi) is 5.00. The van der Waals surface area contributed by atoms with Crippen molar-refractivity contribution in [3.05, 3.63) is 29.8 Å². The molecule has 2 aliphatic heterocycles. The highest BCUT2D eigenvalue weighted by molar-refractivity contribution is 6.00. The molecule has 3 rings (SSSR count). The van der Waals surface area contributed by atoms with Gasteiger partial charge in [-0.15, -0.1) is 0 Å². The highest BCUT2D eigenvalue weighted by Gasteiger charge is 2.43. The second-order valence-electron chi connectivity index (χ2n) is 7.05. The molecule has 1 aromatic rings. The Labute approximate surface area is 152 Å². The third-order valence-corrected chi connectivity index (χ3v) is 5.44. The fraction of sp³-hybridized carbons (Fsp3) is 0.526. The van der Waals surface area contributed by atoms with Gasteiger partial charge < -0.3 is 20.0 Å². The van der Waals surface area contributed by atoms with E-state index in [1.807, 2.05) is 31.2 Å². The molecule has 1 unspecified atom stereocenters. The molecule has 2 aliphatic rings. The zero-order valence-corrected chi connectivity index (χ0v) is 14.9. The van der Waals surface area contributed by atoms with E-state index in [9.17, 15) is 19.5 Å². The van der Waals surface area contributed by atoms with Crippen LogP contribution in [-0.4, -0.2) is 58.1 Å². The van der Waals surface area contributed by atoms with Gasteiger partial charge in [-0.25, -0.2) is 4.79 Å². The summed E-state index contributed by atoms with van der Waals surface area (Å²) in [7, 11) is 0. The molecule has 2 heterocycles. The Morgan fingerprint density at radius 2 is 1.88 bits per heavy atom. The van der Waals surface area contributed by atoms with E-state index in [0.29, 0.717) is 6.54 Å². The third-order valence-electron chi connectivity index (χ3n) is 5.44. The summed E-state index contributed by atoms with van der Waals surface area (Å²) in [6, 6.07) is 7.70. The summed E-state index contributed by atoms with van der Waals surface area (Å²) in [6.07, 6.45) is 0.989. The Morgan fingerprint density at radius 1 is 1.23 bits per heavy atom. The number of aliphatic carboxylic acids is 1. The number of likely N-dealkylation sites (tertiary alicyclic amines) is 1. The van der Waals surface area contributed by atoms with Crippen LogP contribution < -0.4 is 4.90 Å². The van der Waals surface area contributed by atoms with Crippen molar-refractivity contribution in [2.24, 2.45) is 5.92 Å². The second-order valence-corrected chi connectivity index (χ2v) is 7.05. The van der Waals surface area contributed by atoms with Gasteiger partial charge in [0.25, 0.3) is 0 Å². The number of hydrogen-bond donors (Lipinski definition) is 2. The lowest BCUT2D eigenvalue weighted by atomic mass is 9.91. The predicted octanol–water partition coefficient (Wildman–Crippen LogP) is 1.04. The van der Waals surface area contributed by atoms with E-state index in [1.54, 1.807) is 9.80 Å². The summed E-state index contributed by atoms with van der Waals surface area (Å²) in [4.78, 5) is 39.6. The molecule has 1 atom stereocenters. The summed E-state index contributed by atoms with van der Waals surface area (Å²) in [5, 5.41) is 19.1. The summed E-state index contributed by atoms with van der Waals surface area (Å²) in [6.45, 7) is 2.75. The van der Waals surface area contributed by atoms with Crippen molar-refractivity contribution in [1.82, 2.24) is 4.90 Å². The van der Waals surface area contributed by atoms with Gasteiger partial charge in [-0.2, -0.15) is 0 Å². The van der Waals surface area contributed by atoms with Crippen LogP contribution in [0.4, 0.5) is 5.69 Å². The number of aliphatic hydroxyl groups is 1. The first-order valence-electron chi connectivity index (χ1n) is 8.98. The van der Waals surface area contributed by atoms with Crippen LogP contribution in [0.25, 0.3) is 0 Å². The number of nitrogens with zero attached hydrogens (tertiary/aromatic N) is 2. The van der Waals surface area contributed by atoms with Gasteiger partial charge in [0, 0.05) is 44.6 Å². The highest BCUT2D eigenvalue weighted by Crippen LogP contribution is 2.31. The molecule has 7 nitrogen and oxygen atoms in total. The van der Waals surface area contributed by atoms with Crippen LogP contribution in [0, 0.1) is 5.92 Å². The van der Waals surface area contributed by atoms with Gasteiger partial charge in [0.05, 0.1) is 5.92 Å². The van der Waals surface area contributed by atoms with Gasteiger partial charge in [0.15, 0.2) is 5.60 Å². The number of carboxylic acid groups (broad SMARTS) is 1. The minimum atomic E-state index is -1.76. The van der Waals surface area contributed by atoms with Crippen molar-refractivity contribution in [3.63, 3.8) is 0 Å². The van der Waals surface area contributed by atoms with Gasteiger partial charge in [-0.05, 0) is 18.1 Å². The Morgan fingerprint density at radius 3 is 2.50 bits per heavy atom. The van der Waals surface area contributed by atoms with Crippen LogP contribution in [0.2, 0.25) is 0 Å². The molecule has 2 N–H and O–H groups in total. The third kappa shape index (κ3) is 3.31. The molecular weight excluding hydrogens is 336 g/mol. The van der Waals surface area contributed by atoms with Crippen molar-refractivity contribution in [3.8, 4) is 0 Å². The van der Waals surface area contributed by atoms with Crippen LogP contribution >= 0.6 is 0 Å². The zero-order chi connectivity index (χ0) is 18.9. The fourth-order valence-corrected chi connectivity index (χ4v) is 3.75. The summed E-state index contributed by atoms with van der Waals surface area (Å²) in [5.74, 6) is -1.88. The van der Waals surface area contributed by atoms with Crippen molar-refractivity contribution in [1.29, 1.82) is 0 Å². The summed E-state index contributed by atoms with van der Waals surface area (Å²) in [5.41, 5.74) is 0.168. The van der Waals surface area contributed by atoms with Gasteiger partial charge in [0.1, 0.15) is 0 Å². The quantitative estimate of drug-likeness (QED) is 0.836. The van der Waals surface area contributed by atoms with E-state index in [4.69, 9.17) is 5.11 Å². The number of hydrogen-bond acceptors (Lipinski definition) is 4. The monoisotopic (exact) mass is 360 g/mol. The Balaban J connectivity index is 1.67. The number of amides is 2. The molecule has 26 heavy (non-hydrogen) atoms. The largest absolute Gasteiger partial charge is 0.479 e. The van der Waals surface area contributed by atoms with E-state index >= 15 is 0 Å². The zero-order valence-electron chi connectivity index (χ0n) is 14.9. The van der Waals surface area contributed by atoms with Crippen molar-refractivity contribution >= 4 is 23.5 Å². The second kappa shape index (κ2) is 7.07. The minimum Gasteiger partial charge on any atom is -0.479 e. The van der Waals surface area contributed by atoms with Gasteiger partial charge >= 0.3 is 5.97 Å². The minimum absolute atomic E-state index is 0.0110. The topological polar surface area (TPSA) is 98.2 Å². The Hall–Kier alpha value is -2.41. The van der Waals surface area contributed by atoms with Crippen LogP contribution in [0.15, 0.2) is 24.3 Å². The van der Waals surface area contributed by atoms with Crippen molar-refractivity contribution in [2.75, 3.05) is 24.5 Å². The number of aryl methyl sites for hydroxylation is 1. The number of piperidine rings is 1. The average Bonchev–Trinajstić information content (AvgIpc) is 3.03.